The minimum absolute atomic E-state index is 0.0322. The second kappa shape index (κ2) is 6.25. The Bertz CT molecular complexity index is 831. The molecule has 128 valence electrons. The second-order valence-electron chi connectivity index (χ2n) is 7.24. The van der Waals surface area contributed by atoms with Crippen LogP contribution in [0, 0.1) is 12.3 Å². The number of carbonyl (C=O) groups excluding carboxylic acids is 1. The monoisotopic (exact) mass is 333 g/mol. The van der Waals surface area contributed by atoms with Gasteiger partial charge in [-0.2, -0.15) is 0 Å². The standard InChI is InChI=1S/C15H19N3O.C6H4/c1-6-12-8-7-9-16-13(12)17-10-15(4,5)18(11(2)3)14(17)19;1-2-5-4-6(5)3-1/h1,7-9,11H,10H2,2-5H3;1-4H. The van der Waals surface area contributed by atoms with Gasteiger partial charge >= 0.3 is 6.03 Å². The Kier molecular flexibility index (Phi) is 4.26. The third-order valence-corrected chi connectivity index (χ3v) is 4.46. The van der Waals surface area contributed by atoms with Gasteiger partial charge in [0, 0.05) is 12.2 Å². The molecule has 4 nitrogen and oxygen atoms in total. The van der Waals surface area contributed by atoms with E-state index >= 15 is 0 Å². The Hall–Kier alpha value is -2.80. The number of urea groups is 1. The number of nitrogens with zero attached hydrogens (tertiary/aromatic N) is 3. The Morgan fingerprint density at radius 1 is 1.20 bits per heavy atom. The molecule has 1 saturated heterocycles. The quantitative estimate of drug-likeness (QED) is 0.660. The Labute approximate surface area is 149 Å². The molecule has 0 radical (unpaired) electrons. The van der Waals surface area contributed by atoms with Crippen molar-refractivity contribution in [2.45, 2.75) is 39.3 Å². The van der Waals surface area contributed by atoms with Crippen LogP contribution in [0.3, 0.4) is 0 Å². The number of rotatable bonds is 2. The summed E-state index contributed by atoms with van der Waals surface area (Å²) in [5, 5.41) is 0. The highest BCUT2D eigenvalue weighted by Crippen LogP contribution is 2.33. The molecule has 2 heterocycles. The van der Waals surface area contributed by atoms with Gasteiger partial charge in [-0.25, -0.2) is 9.78 Å². The fourth-order valence-corrected chi connectivity index (χ4v) is 3.41. The van der Waals surface area contributed by atoms with E-state index in [-0.39, 0.29) is 17.6 Å². The Morgan fingerprint density at radius 2 is 1.88 bits per heavy atom. The van der Waals surface area contributed by atoms with Crippen molar-refractivity contribution in [1.82, 2.24) is 9.88 Å². The van der Waals surface area contributed by atoms with Gasteiger partial charge < -0.3 is 4.90 Å². The van der Waals surface area contributed by atoms with Crippen LogP contribution in [-0.4, -0.2) is 34.0 Å². The highest BCUT2D eigenvalue weighted by Gasteiger charge is 2.45. The molecule has 0 N–H and O–H groups in total. The number of hydrogen-bond acceptors (Lipinski definition) is 2. The molecule has 3 aliphatic rings. The van der Waals surface area contributed by atoms with Crippen molar-refractivity contribution in [2.24, 2.45) is 0 Å². The van der Waals surface area contributed by atoms with Gasteiger partial charge in [0.25, 0.3) is 0 Å². The fraction of sp³-hybridized carbons (Fsp3) is 0.333. The number of pyridine rings is 1. The van der Waals surface area contributed by atoms with Crippen LogP contribution in [0.1, 0.15) is 33.3 Å². The lowest BCUT2D eigenvalue weighted by molar-refractivity contribution is 0.152. The largest absolute Gasteiger partial charge is 0.326 e. The molecule has 1 aliphatic heterocycles. The van der Waals surface area contributed by atoms with E-state index in [0.29, 0.717) is 17.9 Å². The van der Waals surface area contributed by atoms with Crippen LogP contribution in [0.25, 0.3) is 11.1 Å². The van der Waals surface area contributed by atoms with Crippen molar-refractivity contribution in [3.63, 3.8) is 0 Å². The number of carbonyl (C=O) groups is 1. The molecule has 0 saturated carbocycles. The molecular weight excluding hydrogens is 310 g/mol. The maximum atomic E-state index is 12.6. The van der Waals surface area contributed by atoms with Crippen LogP contribution in [0.4, 0.5) is 10.6 Å². The summed E-state index contributed by atoms with van der Waals surface area (Å²) >= 11 is 0. The average molecular weight is 333 g/mol. The van der Waals surface area contributed by atoms with E-state index in [2.05, 4.69) is 49.0 Å². The lowest BCUT2D eigenvalue weighted by atomic mass is 10.0. The van der Waals surface area contributed by atoms with Gasteiger partial charge in [-0.05, 0) is 57.0 Å². The molecule has 4 rings (SSSR count). The minimum Gasteiger partial charge on any atom is -0.315 e. The van der Waals surface area contributed by atoms with Crippen LogP contribution in [0.5, 0.6) is 0 Å². The lowest BCUT2D eigenvalue weighted by Crippen LogP contribution is -2.46. The van der Waals surface area contributed by atoms with E-state index in [1.807, 2.05) is 18.7 Å². The van der Waals surface area contributed by atoms with Crippen molar-refractivity contribution in [2.75, 3.05) is 11.4 Å². The first-order chi connectivity index (χ1) is 11.8. The number of benzene rings is 1. The van der Waals surface area contributed by atoms with Crippen LogP contribution in [0.2, 0.25) is 0 Å². The van der Waals surface area contributed by atoms with E-state index < -0.39 is 0 Å². The van der Waals surface area contributed by atoms with Crippen LogP contribution >= 0.6 is 0 Å². The highest BCUT2D eigenvalue weighted by atomic mass is 16.2. The summed E-state index contributed by atoms with van der Waals surface area (Å²) in [4.78, 5) is 20.4. The molecule has 2 aliphatic carbocycles. The van der Waals surface area contributed by atoms with Crippen molar-refractivity contribution in [3.05, 3.63) is 48.2 Å². The Morgan fingerprint density at radius 3 is 2.32 bits per heavy atom. The van der Waals surface area contributed by atoms with Gasteiger partial charge in [-0.1, -0.05) is 24.1 Å². The molecule has 0 aromatic carbocycles. The third kappa shape index (κ3) is 3.23. The number of fused-ring (bicyclic) bond motifs is 1. The van der Waals surface area contributed by atoms with Crippen LogP contribution in [0.15, 0.2) is 42.6 Å². The van der Waals surface area contributed by atoms with Gasteiger partial charge in [-0.15, -0.1) is 6.42 Å². The second-order valence-corrected chi connectivity index (χ2v) is 7.24. The smallest absolute Gasteiger partial charge is 0.315 e. The minimum atomic E-state index is -0.228. The molecule has 1 aromatic heterocycles. The summed E-state index contributed by atoms with van der Waals surface area (Å²) in [6.45, 7) is 8.75. The predicted molar refractivity (Wildman–Crippen MR) is 101 cm³/mol. The molecule has 1 aromatic rings. The molecule has 0 unspecified atom stereocenters. The summed E-state index contributed by atoms with van der Waals surface area (Å²) in [6, 6.07) is 12.2. The number of amides is 2. The first kappa shape index (κ1) is 17.0. The zero-order chi connectivity index (χ0) is 18.2. The van der Waals surface area contributed by atoms with E-state index in [1.165, 1.54) is 11.1 Å². The van der Waals surface area contributed by atoms with Crippen molar-refractivity contribution < 1.29 is 4.79 Å². The summed E-state index contributed by atoms with van der Waals surface area (Å²) in [5.41, 5.74) is 3.27. The van der Waals surface area contributed by atoms with Gasteiger partial charge in [-0.3, -0.25) is 4.90 Å². The van der Waals surface area contributed by atoms with Gasteiger partial charge in [0.1, 0.15) is 0 Å². The van der Waals surface area contributed by atoms with Gasteiger partial charge in [0.05, 0.1) is 17.6 Å². The molecule has 25 heavy (non-hydrogen) atoms. The number of terminal acetylenes is 1. The van der Waals surface area contributed by atoms with Crippen molar-refractivity contribution in [3.8, 4) is 23.5 Å². The molecule has 4 heteroatoms. The van der Waals surface area contributed by atoms with E-state index in [1.54, 1.807) is 23.2 Å². The number of anilines is 1. The topological polar surface area (TPSA) is 36.4 Å². The SMILES string of the molecule is C#Cc1cccnc1N1CC(C)(C)N(C(C)C)C1=O.c1cc2cc-2c1. The first-order valence-corrected chi connectivity index (χ1v) is 8.48. The van der Waals surface area contributed by atoms with Gasteiger partial charge in [0.15, 0.2) is 5.82 Å². The molecule has 0 spiro atoms. The van der Waals surface area contributed by atoms with Crippen LogP contribution < -0.4 is 4.90 Å². The molecule has 0 atom stereocenters. The van der Waals surface area contributed by atoms with Crippen LogP contribution in [-0.2, 0) is 0 Å². The normalized spacial score (nSPS) is 16.4. The third-order valence-electron chi connectivity index (χ3n) is 4.46. The summed E-state index contributed by atoms with van der Waals surface area (Å²) in [5.74, 6) is 3.16. The highest BCUT2D eigenvalue weighted by molar-refractivity contribution is 5.95. The van der Waals surface area contributed by atoms with E-state index in [4.69, 9.17) is 6.42 Å². The lowest BCUT2D eigenvalue weighted by Gasteiger charge is -2.32. The molecule has 2 amide bonds. The molecule has 0 bridgehead atoms. The summed E-state index contributed by atoms with van der Waals surface area (Å²) < 4.78 is 0. The van der Waals surface area contributed by atoms with E-state index in [0.717, 1.165) is 0 Å². The average Bonchev–Trinajstić information content (AvgIpc) is 3.07. The van der Waals surface area contributed by atoms with Crippen molar-refractivity contribution in [1.29, 1.82) is 0 Å². The Balaban J connectivity index is 0.000000250. The summed E-state index contributed by atoms with van der Waals surface area (Å²) in [6.07, 6.45) is 7.15. The number of hydrogen-bond donors (Lipinski definition) is 0. The van der Waals surface area contributed by atoms with Gasteiger partial charge in [0.2, 0.25) is 0 Å². The van der Waals surface area contributed by atoms with E-state index in [9.17, 15) is 4.79 Å². The molecule has 1 fully saturated rings. The maximum Gasteiger partial charge on any atom is 0.326 e. The molecular formula is C21H23N3O. The zero-order valence-electron chi connectivity index (χ0n) is 15.2. The maximum absolute atomic E-state index is 12.6. The fourth-order valence-electron chi connectivity index (χ4n) is 3.41. The zero-order valence-corrected chi connectivity index (χ0v) is 15.2. The summed E-state index contributed by atoms with van der Waals surface area (Å²) in [7, 11) is 0. The number of aromatic nitrogens is 1. The predicted octanol–water partition coefficient (Wildman–Crippen LogP) is 4.16. The van der Waals surface area contributed by atoms with Crippen molar-refractivity contribution >= 4 is 11.8 Å². The first-order valence-electron chi connectivity index (χ1n) is 8.48.